The van der Waals surface area contributed by atoms with Crippen molar-refractivity contribution < 1.29 is 13.2 Å². The van der Waals surface area contributed by atoms with E-state index in [0.717, 1.165) is 28.0 Å². The molecule has 0 saturated carbocycles. The van der Waals surface area contributed by atoms with E-state index in [1.807, 2.05) is 13.8 Å². The SMILES string of the molecule is Cc1cc(-n2cc(C(F)(F)F)cn2)cc(C)c1Br. The van der Waals surface area contributed by atoms with E-state index in [9.17, 15) is 13.2 Å². The largest absolute Gasteiger partial charge is 0.419 e. The van der Waals surface area contributed by atoms with Gasteiger partial charge < -0.3 is 0 Å². The molecule has 0 atom stereocenters. The average Bonchev–Trinajstić information content (AvgIpc) is 2.73. The van der Waals surface area contributed by atoms with Crippen molar-refractivity contribution in [1.82, 2.24) is 9.78 Å². The van der Waals surface area contributed by atoms with E-state index in [2.05, 4.69) is 21.0 Å². The summed E-state index contributed by atoms with van der Waals surface area (Å²) in [5, 5.41) is 3.75. The van der Waals surface area contributed by atoms with Gasteiger partial charge in [0.2, 0.25) is 0 Å². The lowest BCUT2D eigenvalue weighted by atomic mass is 10.1. The summed E-state index contributed by atoms with van der Waals surface area (Å²) in [5.41, 5.74) is 1.77. The van der Waals surface area contributed by atoms with Gasteiger partial charge in [0.1, 0.15) is 0 Å². The van der Waals surface area contributed by atoms with Crippen LogP contribution in [-0.4, -0.2) is 9.78 Å². The van der Waals surface area contributed by atoms with Crippen LogP contribution in [0.5, 0.6) is 0 Å². The van der Waals surface area contributed by atoms with E-state index in [4.69, 9.17) is 0 Å². The molecule has 0 spiro atoms. The molecule has 0 fully saturated rings. The number of halogens is 4. The predicted octanol–water partition coefficient (Wildman–Crippen LogP) is 4.27. The van der Waals surface area contributed by atoms with Crippen molar-refractivity contribution in [2.45, 2.75) is 20.0 Å². The minimum absolute atomic E-state index is 0.615. The summed E-state index contributed by atoms with van der Waals surface area (Å²) in [6.45, 7) is 3.77. The monoisotopic (exact) mass is 318 g/mol. The van der Waals surface area contributed by atoms with Gasteiger partial charge in [-0.3, -0.25) is 0 Å². The van der Waals surface area contributed by atoms with Gasteiger partial charge in [-0.1, -0.05) is 15.9 Å². The van der Waals surface area contributed by atoms with E-state index in [1.165, 1.54) is 4.68 Å². The number of hydrogen-bond donors (Lipinski definition) is 0. The Bertz CT molecular complexity index is 564. The zero-order valence-electron chi connectivity index (χ0n) is 9.72. The second-order valence-corrected chi connectivity index (χ2v) is 4.86. The van der Waals surface area contributed by atoms with Crippen molar-refractivity contribution in [3.8, 4) is 5.69 Å². The third-order valence-corrected chi connectivity index (χ3v) is 3.85. The first kappa shape index (κ1) is 13.1. The quantitative estimate of drug-likeness (QED) is 0.767. The Morgan fingerprint density at radius 3 is 2.17 bits per heavy atom. The van der Waals surface area contributed by atoms with Crippen LogP contribution in [0.2, 0.25) is 0 Å². The highest BCUT2D eigenvalue weighted by molar-refractivity contribution is 9.10. The van der Waals surface area contributed by atoms with Gasteiger partial charge in [0.05, 0.1) is 17.4 Å². The lowest BCUT2D eigenvalue weighted by molar-refractivity contribution is -0.137. The van der Waals surface area contributed by atoms with Crippen molar-refractivity contribution in [3.63, 3.8) is 0 Å². The standard InChI is InChI=1S/C12H10BrF3N2/c1-7-3-10(4-8(2)11(7)13)18-6-9(5-17-18)12(14,15)16/h3-6H,1-2H3. The summed E-state index contributed by atoms with van der Waals surface area (Å²) in [6, 6.07) is 3.56. The maximum absolute atomic E-state index is 12.5. The van der Waals surface area contributed by atoms with Gasteiger partial charge in [-0.05, 0) is 37.1 Å². The molecule has 0 aliphatic carbocycles. The average molecular weight is 319 g/mol. The summed E-state index contributed by atoms with van der Waals surface area (Å²) < 4.78 is 39.6. The molecule has 1 heterocycles. The molecule has 1 aromatic heterocycles. The molecule has 0 radical (unpaired) electrons. The van der Waals surface area contributed by atoms with Crippen LogP contribution in [0, 0.1) is 13.8 Å². The predicted molar refractivity (Wildman–Crippen MR) is 65.7 cm³/mol. The zero-order valence-corrected chi connectivity index (χ0v) is 11.3. The van der Waals surface area contributed by atoms with Crippen molar-refractivity contribution in [2.24, 2.45) is 0 Å². The molecule has 1 aromatic carbocycles. The maximum atomic E-state index is 12.5. The molecule has 2 aromatic rings. The van der Waals surface area contributed by atoms with Gasteiger partial charge in [-0.25, -0.2) is 4.68 Å². The second-order valence-electron chi connectivity index (χ2n) is 4.06. The highest BCUT2D eigenvalue weighted by atomic mass is 79.9. The van der Waals surface area contributed by atoms with Gasteiger partial charge in [0.15, 0.2) is 0 Å². The molecular formula is C12H10BrF3N2. The van der Waals surface area contributed by atoms with Crippen LogP contribution in [0.1, 0.15) is 16.7 Å². The van der Waals surface area contributed by atoms with Crippen molar-refractivity contribution in [2.75, 3.05) is 0 Å². The van der Waals surface area contributed by atoms with Gasteiger partial charge >= 0.3 is 6.18 Å². The Hall–Kier alpha value is -1.30. The van der Waals surface area contributed by atoms with Crippen molar-refractivity contribution in [3.05, 3.63) is 45.7 Å². The number of benzene rings is 1. The second kappa shape index (κ2) is 4.42. The van der Waals surface area contributed by atoms with Crippen LogP contribution in [0.25, 0.3) is 5.69 Å². The summed E-state index contributed by atoms with van der Waals surface area (Å²) in [6.07, 6.45) is -2.55. The summed E-state index contributed by atoms with van der Waals surface area (Å²) >= 11 is 3.41. The summed E-state index contributed by atoms with van der Waals surface area (Å²) in [7, 11) is 0. The van der Waals surface area contributed by atoms with Crippen molar-refractivity contribution >= 4 is 15.9 Å². The molecule has 0 aliphatic rings. The molecule has 6 heteroatoms. The molecule has 0 bridgehead atoms. The molecule has 0 saturated heterocycles. The first-order valence-corrected chi connectivity index (χ1v) is 5.97. The molecule has 0 amide bonds. The third-order valence-electron chi connectivity index (χ3n) is 2.60. The van der Waals surface area contributed by atoms with E-state index < -0.39 is 11.7 Å². The number of rotatable bonds is 1. The first-order valence-electron chi connectivity index (χ1n) is 5.18. The van der Waals surface area contributed by atoms with E-state index >= 15 is 0 Å². The number of nitrogens with zero attached hydrogens (tertiary/aromatic N) is 2. The minimum Gasteiger partial charge on any atom is -0.240 e. The van der Waals surface area contributed by atoms with Gasteiger partial charge in [-0.2, -0.15) is 18.3 Å². The lowest BCUT2D eigenvalue weighted by Gasteiger charge is -2.08. The lowest BCUT2D eigenvalue weighted by Crippen LogP contribution is -2.03. The van der Waals surface area contributed by atoms with E-state index in [1.54, 1.807) is 12.1 Å². The van der Waals surface area contributed by atoms with Crippen LogP contribution in [0.4, 0.5) is 13.2 Å². The Morgan fingerprint density at radius 1 is 1.17 bits per heavy atom. The minimum atomic E-state index is -4.36. The highest BCUT2D eigenvalue weighted by Crippen LogP contribution is 2.30. The number of alkyl halides is 3. The Labute approximate surface area is 111 Å². The fourth-order valence-electron chi connectivity index (χ4n) is 1.67. The summed E-state index contributed by atoms with van der Waals surface area (Å²) in [5.74, 6) is 0. The summed E-state index contributed by atoms with van der Waals surface area (Å²) in [4.78, 5) is 0. The molecule has 18 heavy (non-hydrogen) atoms. The van der Waals surface area contributed by atoms with Crippen LogP contribution in [0.15, 0.2) is 29.0 Å². The van der Waals surface area contributed by atoms with Gasteiger partial charge in [0, 0.05) is 10.7 Å². The molecule has 0 N–H and O–H groups in total. The molecule has 96 valence electrons. The highest BCUT2D eigenvalue weighted by Gasteiger charge is 2.32. The molecule has 0 aliphatic heterocycles. The molecular weight excluding hydrogens is 309 g/mol. The third kappa shape index (κ3) is 2.43. The molecule has 2 rings (SSSR count). The fourth-order valence-corrected chi connectivity index (χ4v) is 1.89. The van der Waals surface area contributed by atoms with Crippen LogP contribution < -0.4 is 0 Å². The zero-order chi connectivity index (χ0) is 13.5. The van der Waals surface area contributed by atoms with Crippen LogP contribution >= 0.6 is 15.9 Å². The van der Waals surface area contributed by atoms with Gasteiger partial charge in [0.25, 0.3) is 0 Å². The van der Waals surface area contributed by atoms with E-state index in [-0.39, 0.29) is 0 Å². The Balaban J connectivity index is 2.47. The fraction of sp³-hybridized carbons (Fsp3) is 0.250. The number of aryl methyl sites for hydroxylation is 2. The number of hydrogen-bond acceptors (Lipinski definition) is 1. The maximum Gasteiger partial charge on any atom is 0.419 e. The number of aromatic nitrogens is 2. The Morgan fingerprint density at radius 2 is 1.72 bits per heavy atom. The smallest absolute Gasteiger partial charge is 0.240 e. The molecule has 2 nitrogen and oxygen atoms in total. The van der Waals surface area contributed by atoms with Crippen molar-refractivity contribution in [1.29, 1.82) is 0 Å². The normalized spacial score (nSPS) is 11.9. The topological polar surface area (TPSA) is 17.8 Å². The van der Waals surface area contributed by atoms with Crippen LogP contribution in [0.3, 0.4) is 0 Å². The molecule has 0 unspecified atom stereocenters. The van der Waals surface area contributed by atoms with Gasteiger partial charge in [-0.15, -0.1) is 0 Å². The Kier molecular flexibility index (Phi) is 3.23. The van der Waals surface area contributed by atoms with Crippen LogP contribution in [-0.2, 0) is 6.18 Å². The first-order chi connectivity index (χ1) is 8.29. The van der Waals surface area contributed by atoms with E-state index in [0.29, 0.717) is 5.69 Å².